The Morgan fingerprint density at radius 3 is 2.91 bits per heavy atom. The fraction of sp³-hybridized carbons (Fsp3) is 0.471. The average molecular weight is 311 g/mol. The number of likely N-dealkylation sites (tertiary alicyclic amines) is 1. The molecule has 0 bridgehead atoms. The average Bonchev–Trinajstić information content (AvgIpc) is 3.18. The normalized spacial score (nSPS) is 26.5. The number of amides is 1. The van der Waals surface area contributed by atoms with Gasteiger partial charge in [-0.25, -0.2) is 0 Å². The van der Waals surface area contributed by atoms with Crippen LogP contribution in [0.1, 0.15) is 29.8 Å². The van der Waals surface area contributed by atoms with Crippen LogP contribution in [0.4, 0.5) is 0 Å². The summed E-state index contributed by atoms with van der Waals surface area (Å²) in [6, 6.07) is 5.65. The lowest BCUT2D eigenvalue weighted by molar-refractivity contribution is 0.0767. The van der Waals surface area contributed by atoms with E-state index >= 15 is 0 Å². The summed E-state index contributed by atoms with van der Waals surface area (Å²) in [7, 11) is 1.81. The summed E-state index contributed by atoms with van der Waals surface area (Å²) in [5, 5.41) is 4.47. The van der Waals surface area contributed by atoms with Crippen LogP contribution in [0.5, 0.6) is 0 Å². The van der Waals surface area contributed by atoms with Gasteiger partial charge in [0.15, 0.2) is 0 Å². The van der Waals surface area contributed by atoms with E-state index in [0.717, 1.165) is 30.6 Å². The van der Waals surface area contributed by atoms with Crippen LogP contribution in [0.2, 0.25) is 0 Å². The summed E-state index contributed by atoms with van der Waals surface area (Å²) in [6.07, 6.45) is 6.79. The van der Waals surface area contributed by atoms with E-state index in [0.29, 0.717) is 18.2 Å². The van der Waals surface area contributed by atoms with Gasteiger partial charge in [0, 0.05) is 43.6 Å². The molecular weight excluding hydrogens is 290 g/mol. The molecule has 1 saturated carbocycles. The Kier molecular flexibility index (Phi) is 3.23. The number of aromatic nitrogens is 3. The van der Waals surface area contributed by atoms with Gasteiger partial charge >= 0.3 is 0 Å². The van der Waals surface area contributed by atoms with Crippen molar-refractivity contribution in [1.29, 1.82) is 0 Å². The van der Waals surface area contributed by atoms with Crippen molar-refractivity contribution in [2.75, 3.05) is 13.1 Å². The van der Waals surface area contributed by atoms with E-state index < -0.39 is 0 Å². The predicted molar refractivity (Wildman–Crippen MR) is 86.6 cm³/mol. The molecule has 2 atom stereocenters. The molecule has 2 aliphatic rings. The molecule has 2 unspecified atom stereocenters. The molecule has 4 rings (SSSR count). The van der Waals surface area contributed by atoms with Gasteiger partial charge in [0.1, 0.15) is 5.69 Å². The zero-order valence-electron chi connectivity index (χ0n) is 13.3. The summed E-state index contributed by atoms with van der Waals surface area (Å²) in [5.74, 6) is 0.471. The number of hydrogen-bond acceptors (Lipinski definition) is 4. The lowest BCUT2D eigenvalue weighted by Crippen LogP contribution is -2.45. The molecular formula is C17H21N5O. The van der Waals surface area contributed by atoms with Crippen molar-refractivity contribution in [3.8, 4) is 11.3 Å². The fourth-order valence-electron chi connectivity index (χ4n) is 3.98. The van der Waals surface area contributed by atoms with E-state index in [2.05, 4.69) is 10.1 Å². The highest BCUT2D eigenvalue weighted by Crippen LogP contribution is 2.40. The minimum atomic E-state index is -0.178. The Morgan fingerprint density at radius 1 is 1.39 bits per heavy atom. The molecule has 1 aliphatic carbocycles. The Bertz CT molecular complexity index is 741. The van der Waals surface area contributed by atoms with Gasteiger partial charge in [-0.05, 0) is 37.0 Å². The third-order valence-corrected chi connectivity index (χ3v) is 5.30. The van der Waals surface area contributed by atoms with Crippen molar-refractivity contribution in [2.24, 2.45) is 18.7 Å². The second-order valence-corrected chi connectivity index (χ2v) is 6.78. The number of carbonyl (C=O) groups excluding carboxylic acids is 1. The van der Waals surface area contributed by atoms with E-state index in [4.69, 9.17) is 5.73 Å². The third kappa shape index (κ3) is 2.34. The van der Waals surface area contributed by atoms with Crippen molar-refractivity contribution < 1.29 is 4.79 Å². The van der Waals surface area contributed by atoms with E-state index in [1.807, 2.05) is 30.1 Å². The quantitative estimate of drug-likeness (QED) is 0.910. The summed E-state index contributed by atoms with van der Waals surface area (Å²) in [5.41, 5.74) is 8.67. The van der Waals surface area contributed by atoms with E-state index in [1.54, 1.807) is 17.1 Å². The van der Waals surface area contributed by atoms with Crippen LogP contribution in [-0.4, -0.2) is 44.2 Å². The number of aryl methyl sites for hydroxylation is 1. The van der Waals surface area contributed by atoms with Crippen molar-refractivity contribution in [1.82, 2.24) is 19.7 Å². The van der Waals surface area contributed by atoms with E-state index in [9.17, 15) is 4.79 Å². The first kappa shape index (κ1) is 14.4. The maximum Gasteiger partial charge on any atom is 0.272 e. The monoisotopic (exact) mass is 311 g/mol. The maximum atomic E-state index is 12.9. The molecule has 2 fully saturated rings. The molecule has 0 aromatic carbocycles. The topological polar surface area (TPSA) is 77.0 Å². The molecule has 6 heteroatoms. The molecule has 1 saturated heterocycles. The van der Waals surface area contributed by atoms with E-state index in [-0.39, 0.29) is 11.4 Å². The molecule has 2 aromatic heterocycles. The lowest BCUT2D eigenvalue weighted by Gasteiger charge is -2.22. The summed E-state index contributed by atoms with van der Waals surface area (Å²) in [6.45, 7) is 1.43. The molecule has 0 radical (unpaired) electrons. The minimum Gasteiger partial charge on any atom is -0.335 e. The Hall–Kier alpha value is -2.21. The number of nitrogens with two attached hydrogens (primary N) is 1. The van der Waals surface area contributed by atoms with Gasteiger partial charge in [-0.15, -0.1) is 0 Å². The van der Waals surface area contributed by atoms with Gasteiger partial charge in [-0.3, -0.25) is 14.5 Å². The largest absolute Gasteiger partial charge is 0.335 e. The number of fused-ring (bicyclic) bond motifs is 1. The highest BCUT2D eigenvalue weighted by Gasteiger charge is 2.48. The first-order chi connectivity index (χ1) is 11.1. The van der Waals surface area contributed by atoms with Gasteiger partial charge in [0.2, 0.25) is 0 Å². The van der Waals surface area contributed by atoms with Crippen molar-refractivity contribution in [3.63, 3.8) is 0 Å². The first-order valence-electron chi connectivity index (χ1n) is 8.09. The Morgan fingerprint density at radius 2 is 2.17 bits per heavy atom. The Balaban J connectivity index is 1.59. The Labute approximate surface area is 135 Å². The van der Waals surface area contributed by atoms with Gasteiger partial charge < -0.3 is 10.6 Å². The van der Waals surface area contributed by atoms with Crippen LogP contribution in [0.25, 0.3) is 11.3 Å². The molecule has 3 heterocycles. The molecule has 23 heavy (non-hydrogen) atoms. The lowest BCUT2D eigenvalue weighted by atomic mass is 9.92. The molecule has 1 aliphatic heterocycles. The van der Waals surface area contributed by atoms with Crippen LogP contribution >= 0.6 is 0 Å². The molecule has 2 N–H and O–H groups in total. The fourth-order valence-corrected chi connectivity index (χ4v) is 3.98. The van der Waals surface area contributed by atoms with Crippen LogP contribution < -0.4 is 5.73 Å². The molecule has 120 valence electrons. The van der Waals surface area contributed by atoms with Crippen molar-refractivity contribution >= 4 is 5.91 Å². The smallest absolute Gasteiger partial charge is 0.272 e. The van der Waals surface area contributed by atoms with E-state index in [1.165, 1.54) is 6.42 Å². The standard InChI is InChI=1S/C17H21N5O/c1-21-15(9-14(20-21)12-4-7-19-8-5-12)16(23)22-10-13-3-2-6-17(13,18)11-22/h4-5,7-9,13H,2-3,6,10-11,18H2,1H3. The van der Waals surface area contributed by atoms with Crippen LogP contribution in [0.3, 0.4) is 0 Å². The molecule has 6 nitrogen and oxygen atoms in total. The SMILES string of the molecule is Cn1nc(-c2ccncc2)cc1C(=O)N1CC2CCCC2(N)C1. The van der Waals surface area contributed by atoms with Crippen LogP contribution in [-0.2, 0) is 7.05 Å². The zero-order chi connectivity index (χ0) is 16.0. The highest BCUT2D eigenvalue weighted by atomic mass is 16.2. The predicted octanol–water partition coefficient (Wildman–Crippen LogP) is 1.44. The number of rotatable bonds is 2. The van der Waals surface area contributed by atoms with Gasteiger partial charge in [-0.2, -0.15) is 5.10 Å². The molecule has 0 spiro atoms. The molecule has 2 aromatic rings. The third-order valence-electron chi connectivity index (χ3n) is 5.30. The van der Waals surface area contributed by atoms with Gasteiger partial charge in [0.05, 0.1) is 5.69 Å². The van der Waals surface area contributed by atoms with Gasteiger partial charge in [-0.1, -0.05) is 6.42 Å². The summed E-state index contributed by atoms with van der Waals surface area (Å²) < 4.78 is 1.66. The summed E-state index contributed by atoms with van der Waals surface area (Å²) in [4.78, 5) is 18.8. The number of carbonyl (C=O) groups is 1. The number of pyridine rings is 1. The molecule has 1 amide bonds. The van der Waals surface area contributed by atoms with Crippen molar-refractivity contribution in [2.45, 2.75) is 24.8 Å². The number of nitrogens with zero attached hydrogens (tertiary/aromatic N) is 4. The highest BCUT2D eigenvalue weighted by molar-refractivity contribution is 5.94. The van der Waals surface area contributed by atoms with Gasteiger partial charge in [0.25, 0.3) is 5.91 Å². The first-order valence-corrected chi connectivity index (χ1v) is 8.09. The van der Waals surface area contributed by atoms with Crippen LogP contribution in [0, 0.1) is 5.92 Å². The second-order valence-electron chi connectivity index (χ2n) is 6.78. The zero-order valence-corrected chi connectivity index (χ0v) is 13.3. The second kappa shape index (κ2) is 5.16. The maximum absolute atomic E-state index is 12.9. The van der Waals surface area contributed by atoms with Crippen LogP contribution in [0.15, 0.2) is 30.6 Å². The number of hydrogen-bond donors (Lipinski definition) is 1. The van der Waals surface area contributed by atoms with Crippen molar-refractivity contribution in [3.05, 3.63) is 36.3 Å². The minimum absolute atomic E-state index is 0.0273. The summed E-state index contributed by atoms with van der Waals surface area (Å²) >= 11 is 0.